The third-order valence-corrected chi connectivity index (χ3v) is 3.34. The summed E-state index contributed by atoms with van der Waals surface area (Å²) in [5, 5.41) is 3.16. The van der Waals surface area contributed by atoms with Gasteiger partial charge in [-0.1, -0.05) is 24.6 Å². The molecule has 1 aromatic heterocycles. The van der Waals surface area contributed by atoms with Gasteiger partial charge in [-0.15, -0.1) is 0 Å². The highest BCUT2D eigenvalue weighted by molar-refractivity contribution is 6.35. The van der Waals surface area contributed by atoms with Crippen LogP contribution >= 0.6 is 11.6 Å². The van der Waals surface area contributed by atoms with Gasteiger partial charge in [-0.05, 0) is 39.3 Å². The lowest BCUT2D eigenvalue weighted by Gasteiger charge is -2.22. The average molecular weight is 339 g/mol. The second kappa shape index (κ2) is 6.58. The summed E-state index contributed by atoms with van der Waals surface area (Å²) in [4.78, 5) is 28.3. The topological polar surface area (TPSA) is 81.4 Å². The van der Waals surface area contributed by atoms with Gasteiger partial charge in [-0.2, -0.15) is 0 Å². The number of benzene rings is 1. The van der Waals surface area contributed by atoms with Crippen LogP contribution in [0.2, 0.25) is 5.02 Å². The van der Waals surface area contributed by atoms with Gasteiger partial charge < -0.3 is 14.5 Å². The molecule has 1 atom stereocenters. The van der Waals surface area contributed by atoms with E-state index in [0.717, 1.165) is 0 Å². The number of nitrogens with zero attached hydrogens (tertiary/aromatic N) is 1. The Morgan fingerprint density at radius 1 is 1.43 bits per heavy atom. The number of rotatable bonds is 3. The van der Waals surface area contributed by atoms with Crippen LogP contribution in [-0.2, 0) is 4.74 Å². The van der Waals surface area contributed by atoms with E-state index < -0.39 is 23.4 Å². The molecule has 23 heavy (non-hydrogen) atoms. The van der Waals surface area contributed by atoms with Crippen molar-refractivity contribution in [3.8, 4) is 0 Å². The molecule has 2 rings (SSSR count). The summed E-state index contributed by atoms with van der Waals surface area (Å²) in [6.45, 7) is 7.14. The van der Waals surface area contributed by atoms with E-state index in [9.17, 15) is 9.59 Å². The van der Waals surface area contributed by atoms with Crippen LogP contribution in [0, 0.1) is 0 Å². The fourth-order valence-electron chi connectivity index (χ4n) is 2.03. The van der Waals surface area contributed by atoms with Crippen LogP contribution in [0.4, 0.5) is 4.79 Å². The van der Waals surface area contributed by atoms with E-state index >= 15 is 0 Å². The van der Waals surface area contributed by atoms with E-state index in [1.807, 2.05) is 6.92 Å². The Morgan fingerprint density at radius 3 is 2.74 bits per heavy atom. The quantitative estimate of drug-likeness (QED) is 0.920. The molecule has 0 radical (unpaired) electrons. The number of nitrogens with one attached hydrogen (secondary N) is 1. The molecule has 0 fully saturated rings. The maximum atomic E-state index is 12.1. The number of alkyl carbamates (subject to hydrolysis) is 1. The molecule has 2 aromatic rings. The molecule has 1 N–H and O–H groups in total. The van der Waals surface area contributed by atoms with Gasteiger partial charge >= 0.3 is 11.7 Å². The van der Waals surface area contributed by atoms with E-state index in [-0.39, 0.29) is 16.3 Å². The summed E-state index contributed by atoms with van der Waals surface area (Å²) in [5.41, 5.74) is -0.777. The van der Waals surface area contributed by atoms with Crippen LogP contribution in [0.25, 0.3) is 10.9 Å². The van der Waals surface area contributed by atoms with Crippen molar-refractivity contribution in [2.45, 2.75) is 45.8 Å². The Balaban J connectivity index is 2.34. The fraction of sp³-hybridized carbons (Fsp3) is 0.438. The smallest absolute Gasteiger partial charge is 0.408 e. The standard InChI is InChI=1S/C16H19ClN2O4/c1-5-10(19-15(21)23-16(2,3)4)13-18-11-8-6-7-9(17)12(11)14(20)22-13/h6-8,10H,5H2,1-4H3,(H,19,21)/t10-/m0/s1. The summed E-state index contributed by atoms with van der Waals surface area (Å²) in [7, 11) is 0. The van der Waals surface area contributed by atoms with Crippen molar-refractivity contribution >= 4 is 28.6 Å². The summed E-state index contributed by atoms with van der Waals surface area (Å²) in [6, 6.07) is 4.39. The predicted octanol–water partition coefficient (Wildman–Crippen LogP) is 3.82. The molecule has 1 heterocycles. The van der Waals surface area contributed by atoms with Crippen LogP contribution in [0.5, 0.6) is 0 Å². The number of carbonyl (C=O) groups excluding carboxylic acids is 1. The van der Waals surface area contributed by atoms with E-state index in [2.05, 4.69) is 10.3 Å². The van der Waals surface area contributed by atoms with Crippen LogP contribution < -0.4 is 10.9 Å². The molecule has 6 nitrogen and oxygen atoms in total. The summed E-state index contributed by atoms with van der Waals surface area (Å²) >= 11 is 6.00. The molecule has 0 saturated carbocycles. The van der Waals surface area contributed by atoms with Crippen LogP contribution in [0.3, 0.4) is 0 Å². The zero-order valence-electron chi connectivity index (χ0n) is 13.5. The normalized spacial score (nSPS) is 12.9. The van der Waals surface area contributed by atoms with Gasteiger partial charge in [-0.3, -0.25) is 0 Å². The fourth-order valence-corrected chi connectivity index (χ4v) is 2.28. The molecule has 0 saturated heterocycles. The highest BCUT2D eigenvalue weighted by Crippen LogP contribution is 2.21. The zero-order chi connectivity index (χ0) is 17.2. The van der Waals surface area contributed by atoms with Crippen molar-refractivity contribution in [3.63, 3.8) is 0 Å². The zero-order valence-corrected chi connectivity index (χ0v) is 14.2. The highest BCUT2D eigenvalue weighted by atomic mass is 35.5. The van der Waals surface area contributed by atoms with E-state index in [1.165, 1.54) is 0 Å². The first-order valence-corrected chi connectivity index (χ1v) is 7.68. The Labute approximate surface area is 138 Å². The second-order valence-electron chi connectivity index (χ2n) is 6.08. The molecule has 124 valence electrons. The van der Waals surface area contributed by atoms with Crippen molar-refractivity contribution in [3.05, 3.63) is 39.5 Å². The largest absolute Gasteiger partial charge is 0.444 e. The molecule has 0 bridgehead atoms. The van der Waals surface area contributed by atoms with Crippen molar-refractivity contribution in [1.82, 2.24) is 10.3 Å². The number of carbonyl (C=O) groups is 1. The molecule has 7 heteroatoms. The highest BCUT2D eigenvalue weighted by Gasteiger charge is 2.23. The molecular formula is C16H19ClN2O4. The Bertz CT molecular complexity index is 780. The monoisotopic (exact) mass is 338 g/mol. The van der Waals surface area contributed by atoms with Gasteiger partial charge in [0.2, 0.25) is 5.89 Å². The molecule has 1 amide bonds. The number of amides is 1. The van der Waals surface area contributed by atoms with Crippen LogP contribution in [-0.4, -0.2) is 16.7 Å². The van der Waals surface area contributed by atoms with Gasteiger partial charge in [0, 0.05) is 0 Å². The number of ether oxygens (including phenoxy) is 1. The minimum atomic E-state index is -0.618. The molecule has 0 spiro atoms. The van der Waals surface area contributed by atoms with E-state index in [4.69, 9.17) is 20.8 Å². The van der Waals surface area contributed by atoms with Crippen LogP contribution in [0.15, 0.2) is 27.4 Å². The number of hydrogen-bond acceptors (Lipinski definition) is 5. The van der Waals surface area contributed by atoms with Gasteiger partial charge in [0.1, 0.15) is 17.0 Å². The van der Waals surface area contributed by atoms with Crippen molar-refractivity contribution in [2.75, 3.05) is 0 Å². The molecule has 1 aromatic carbocycles. The van der Waals surface area contributed by atoms with Crippen molar-refractivity contribution < 1.29 is 13.9 Å². The molecule has 0 aliphatic heterocycles. The third kappa shape index (κ3) is 4.22. The first kappa shape index (κ1) is 17.3. The summed E-state index contributed by atoms with van der Waals surface area (Å²) < 4.78 is 10.4. The maximum absolute atomic E-state index is 12.1. The number of halogens is 1. The SMILES string of the molecule is CC[C@H](NC(=O)OC(C)(C)C)c1nc2cccc(Cl)c2c(=O)o1. The van der Waals surface area contributed by atoms with Gasteiger partial charge in [0.15, 0.2) is 0 Å². The molecule has 0 aliphatic carbocycles. The van der Waals surface area contributed by atoms with Gasteiger partial charge in [-0.25, -0.2) is 14.6 Å². The van der Waals surface area contributed by atoms with Crippen LogP contribution in [0.1, 0.15) is 46.0 Å². The lowest BCUT2D eigenvalue weighted by molar-refractivity contribution is 0.0493. The second-order valence-corrected chi connectivity index (χ2v) is 6.49. The van der Waals surface area contributed by atoms with E-state index in [0.29, 0.717) is 11.9 Å². The third-order valence-electron chi connectivity index (χ3n) is 3.02. The maximum Gasteiger partial charge on any atom is 0.408 e. The summed E-state index contributed by atoms with van der Waals surface area (Å²) in [6.07, 6.45) is -0.110. The first-order chi connectivity index (χ1) is 10.7. The van der Waals surface area contributed by atoms with Crippen molar-refractivity contribution in [2.24, 2.45) is 0 Å². The average Bonchev–Trinajstić information content (AvgIpc) is 2.42. The lowest BCUT2D eigenvalue weighted by Crippen LogP contribution is -2.35. The van der Waals surface area contributed by atoms with Gasteiger partial charge in [0.25, 0.3) is 0 Å². The molecular weight excluding hydrogens is 320 g/mol. The van der Waals surface area contributed by atoms with E-state index in [1.54, 1.807) is 39.0 Å². The number of aromatic nitrogens is 1. The lowest BCUT2D eigenvalue weighted by atomic mass is 10.2. The molecule has 0 aliphatic rings. The first-order valence-electron chi connectivity index (χ1n) is 7.30. The summed E-state index contributed by atoms with van der Waals surface area (Å²) in [5.74, 6) is 0.123. The number of hydrogen-bond donors (Lipinski definition) is 1. The Hall–Kier alpha value is -2.08. The Kier molecular flexibility index (Phi) is 4.94. The number of fused-ring (bicyclic) bond motifs is 1. The Morgan fingerprint density at radius 2 is 2.13 bits per heavy atom. The molecule has 0 unspecified atom stereocenters. The predicted molar refractivity (Wildman–Crippen MR) is 87.7 cm³/mol. The minimum Gasteiger partial charge on any atom is -0.444 e. The van der Waals surface area contributed by atoms with Crippen molar-refractivity contribution in [1.29, 1.82) is 0 Å². The minimum absolute atomic E-state index is 0.123. The van der Waals surface area contributed by atoms with Gasteiger partial charge in [0.05, 0.1) is 10.5 Å².